The Labute approximate surface area is 139 Å². The summed E-state index contributed by atoms with van der Waals surface area (Å²) in [6.45, 7) is 4.06. The van der Waals surface area contributed by atoms with Crippen molar-refractivity contribution in [3.63, 3.8) is 0 Å². The zero-order chi connectivity index (χ0) is 16.1. The average molecular weight is 331 g/mol. The quantitative estimate of drug-likeness (QED) is 0.918. The van der Waals surface area contributed by atoms with Crippen LogP contribution in [0.25, 0.3) is 0 Å². The molecule has 0 radical (unpaired) electrons. The number of nitrogens with zero attached hydrogens (tertiary/aromatic N) is 4. The van der Waals surface area contributed by atoms with Gasteiger partial charge in [0.1, 0.15) is 0 Å². The van der Waals surface area contributed by atoms with Crippen LogP contribution in [0.3, 0.4) is 0 Å². The van der Waals surface area contributed by atoms with Gasteiger partial charge in [0, 0.05) is 18.3 Å². The van der Waals surface area contributed by atoms with Crippen molar-refractivity contribution < 1.29 is 0 Å². The molecule has 2 aliphatic rings. The van der Waals surface area contributed by atoms with E-state index in [4.69, 9.17) is 4.99 Å². The van der Waals surface area contributed by atoms with E-state index in [0.29, 0.717) is 6.04 Å². The average Bonchev–Trinajstić information content (AvgIpc) is 3.21. The van der Waals surface area contributed by atoms with Crippen molar-refractivity contribution in [3.05, 3.63) is 33.4 Å². The van der Waals surface area contributed by atoms with Crippen LogP contribution in [0.2, 0.25) is 0 Å². The molecule has 4 rings (SSSR count). The summed E-state index contributed by atoms with van der Waals surface area (Å²) < 4.78 is 3.88. The molecule has 1 fully saturated rings. The third-order valence-electron chi connectivity index (χ3n) is 5.00. The first-order valence-electron chi connectivity index (χ1n) is 8.11. The van der Waals surface area contributed by atoms with E-state index in [9.17, 15) is 4.79 Å². The number of hydrogen-bond acceptors (Lipinski definition) is 4. The van der Waals surface area contributed by atoms with Crippen molar-refractivity contribution in [2.24, 2.45) is 12.0 Å². The van der Waals surface area contributed by atoms with E-state index in [1.54, 1.807) is 11.8 Å². The molecule has 2 aromatic rings. The van der Waals surface area contributed by atoms with Crippen molar-refractivity contribution in [2.45, 2.75) is 50.8 Å². The number of fused-ring (bicyclic) bond motifs is 1. The first-order valence-corrected chi connectivity index (χ1v) is 8.99. The molecule has 0 spiro atoms. The lowest BCUT2D eigenvalue weighted by Crippen LogP contribution is -2.14. The molecule has 0 saturated heterocycles. The summed E-state index contributed by atoms with van der Waals surface area (Å²) in [5.41, 5.74) is 2.96. The van der Waals surface area contributed by atoms with Gasteiger partial charge in [0.2, 0.25) is 0 Å². The molecule has 6 nitrogen and oxygen atoms in total. The Kier molecular flexibility index (Phi) is 3.48. The molecule has 1 N–H and O–H groups in total. The van der Waals surface area contributed by atoms with Gasteiger partial charge >= 0.3 is 0 Å². The number of nitrogens with one attached hydrogen (secondary N) is 1. The van der Waals surface area contributed by atoms with Crippen LogP contribution in [0.15, 0.2) is 16.0 Å². The van der Waals surface area contributed by atoms with E-state index in [2.05, 4.69) is 10.2 Å². The van der Waals surface area contributed by atoms with Crippen LogP contribution in [-0.4, -0.2) is 24.6 Å². The van der Waals surface area contributed by atoms with Crippen molar-refractivity contribution in [1.82, 2.24) is 19.6 Å². The van der Waals surface area contributed by atoms with Gasteiger partial charge in [-0.2, -0.15) is 5.10 Å². The fraction of sp³-hybridized carbons (Fsp3) is 0.562. The van der Waals surface area contributed by atoms with E-state index in [-0.39, 0.29) is 10.8 Å². The smallest absolute Gasteiger partial charge is 0.271 e. The predicted octanol–water partition coefficient (Wildman–Crippen LogP) is 3.22. The number of aromatic amines is 1. The highest BCUT2D eigenvalue weighted by Gasteiger charge is 2.34. The number of aryl methyl sites for hydroxylation is 1. The van der Waals surface area contributed by atoms with Gasteiger partial charge in [-0.1, -0.05) is 24.6 Å². The number of H-pyrrole nitrogens is 1. The molecule has 1 atom stereocenters. The van der Waals surface area contributed by atoms with Crippen LogP contribution in [0, 0.1) is 6.92 Å². The second-order valence-corrected chi connectivity index (χ2v) is 7.72. The van der Waals surface area contributed by atoms with Gasteiger partial charge in [-0.05, 0) is 26.7 Å². The monoisotopic (exact) mass is 331 g/mol. The molecule has 0 aromatic carbocycles. The Morgan fingerprint density at radius 3 is 2.70 bits per heavy atom. The highest BCUT2D eigenvalue weighted by Crippen LogP contribution is 2.45. The van der Waals surface area contributed by atoms with Gasteiger partial charge in [0.05, 0.1) is 28.1 Å². The molecule has 0 bridgehead atoms. The van der Waals surface area contributed by atoms with Crippen LogP contribution in [0.5, 0.6) is 0 Å². The number of rotatable bonds is 2. The molecule has 1 aliphatic carbocycles. The summed E-state index contributed by atoms with van der Waals surface area (Å²) in [6.07, 6.45) is 6.57. The largest absolute Gasteiger partial charge is 0.273 e. The van der Waals surface area contributed by atoms with Crippen molar-refractivity contribution >= 4 is 22.6 Å². The molecule has 23 heavy (non-hydrogen) atoms. The molecule has 3 heterocycles. The third kappa shape index (κ3) is 2.29. The molecule has 1 saturated carbocycles. The minimum Gasteiger partial charge on any atom is -0.273 e. The van der Waals surface area contributed by atoms with E-state index >= 15 is 0 Å². The van der Waals surface area contributed by atoms with Crippen LogP contribution in [0.4, 0.5) is 5.82 Å². The first-order chi connectivity index (χ1) is 11.1. The minimum absolute atomic E-state index is 0.0103. The van der Waals surface area contributed by atoms with Crippen molar-refractivity contribution in [2.75, 3.05) is 0 Å². The topological polar surface area (TPSA) is 68.0 Å². The van der Waals surface area contributed by atoms with Gasteiger partial charge in [-0.3, -0.25) is 19.3 Å². The summed E-state index contributed by atoms with van der Waals surface area (Å²) in [6, 6.07) is 0.377. The molecule has 1 aliphatic heterocycles. The molecule has 0 amide bonds. The van der Waals surface area contributed by atoms with Gasteiger partial charge in [0.15, 0.2) is 5.82 Å². The molecular weight excluding hydrogens is 310 g/mol. The Bertz CT molecular complexity index is 837. The van der Waals surface area contributed by atoms with Crippen molar-refractivity contribution in [1.29, 1.82) is 0 Å². The molecule has 122 valence electrons. The highest BCUT2D eigenvalue weighted by atomic mass is 32.2. The SMILES string of the molecule is CC1=Nc2c(c(=O)[nH]n2C2CCCC2)C(c2cnn(C)c2C)S1. The summed E-state index contributed by atoms with van der Waals surface area (Å²) in [5.74, 6) is 0.825. The lowest BCUT2D eigenvalue weighted by Gasteiger charge is -2.21. The highest BCUT2D eigenvalue weighted by molar-refractivity contribution is 8.14. The lowest BCUT2D eigenvalue weighted by atomic mass is 10.1. The van der Waals surface area contributed by atoms with E-state index in [1.165, 1.54) is 12.8 Å². The van der Waals surface area contributed by atoms with Crippen LogP contribution in [-0.2, 0) is 7.05 Å². The maximum Gasteiger partial charge on any atom is 0.271 e. The Hall–Kier alpha value is -1.76. The zero-order valence-corrected chi connectivity index (χ0v) is 14.5. The number of thioether (sulfide) groups is 1. The fourth-order valence-corrected chi connectivity index (χ4v) is 4.80. The predicted molar refractivity (Wildman–Crippen MR) is 92.7 cm³/mol. The Morgan fingerprint density at radius 1 is 1.30 bits per heavy atom. The maximum atomic E-state index is 12.7. The van der Waals surface area contributed by atoms with Crippen molar-refractivity contribution in [3.8, 4) is 0 Å². The Morgan fingerprint density at radius 2 is 2.04 bits per heavy atom. The number of aliphatic imine (C=N–C) groups is 1. The van der Waals surface area contributed by atoms with Crippen LogP contribution < -0.4 is 5.56 Å². The van der Waals surface area contributed by atoms with E-state index in [0.717, 1.165) is 40.5 Å². The third-order valence-corrected chi connectivity index (χ3v) is 6.15. The number of aromatic nitrogens is 4. The van der Waals surface area contributed by atoms with E-state index < -0.39 is 0 Å². The van der Waals surface area contributed by atoms with Crippen LogP contribution >= 0.6 is 11.8 Å². The fourth-order valence-electron chi connectivity index (χ4n) is 3.63. The van der Waals surface area contributed by atoms with Gasteiger partial charge < -0.3 is 0 Å². The summed E-state index contributed by atoms with van der Waals surface area (Å²) in [5, 5.41) is 8.38. The van der Waals surface area contributed by atoms with Gasteiger partial charge in [-0.25, -0.2) is 4.99 Å². The second-order valence-electron chi connectivity index (χ2n) is 6.42. The normalized spacial score (nSPS) is 21.5. The maximum absolute atomic E-state index is 12.7. The summed E-state index contributed by atoms with van der Waals surface area (Å²) in [4.78, 5) is 17.4. The van der Waals surface area contributed by atoms with Gasteiger partial charge in [0.25, 0.3) is 5.56 Å². The number of hydrogen-bond donors (Lipinski definition) is 1. The molecule has 1 unspecified atom stereocenters. The summed E-state index contributed by atoms with van der Waals surface area (Å²) >= 11 is 1.64. The standard InChI is InChI=1S/C16H21N5OS/c1-9-12(8-17-20(9)3)14-13-15(18-10(2)23-14)21(19-16(13)22)11-6-4-5-7-11/h8,11,14H,4-7H2,1-3H3,(H,19,22). The van der Waals surface area contributed by atoms with E-state index in [1.807, 2.05) is 36.5 Å². The molecule has 2 aromatic heterocycles. The Balaban J connectivity index is 1.87. The minimum atomic E-state index is -0.0254. The molecular formula is C16H21N5OS. The van der Waals surface area contributed by atoms with Crippen LogP contribution in [0.1, 0.15) is 60.7 Å². The lowest BCUT2D eigenvalue weighted by molar-refractivity contribution is 0.468. The second kappa shape index (κ2) is 5.40. The summed E-state index contributed by atoms with van der Waals surface area (Å²) in [7, 11) is 1.93. The first kappa shape index (κ1) is 14.8. The van der Waals surface area contributed by atoms with Gasteiger partial charge in [-0.15, -0.1) is 0 Å². The molecule has 7 heteroatoms. The zero-order valence-electron chi connectivity index (χ0n) is 13.7.